The normalized spacial score (nSPS) is 23.5. The first-order valence-corrected chi connectivity index (χ1v) is 11.6. The maximum atomic E-state index is 12.9. The van der Waals surface area contributed by atoms with E-state index >= 15 is 0 Å². The number of amides is 3. The number of ether oxygens (including phenoxy) is 1. The molecule has 3 amide bonds. The van der Waals surface area contributed by atoms with Crippen molar-refractivity contribution in [1.82, 2.24) is 24.7 Å². The van der Waals surface area contributed by atoms with Gasteiger partial charge in [0.15, 0.2) is 0 Å². The van der Waals surface area contributed by atoms with Gasteiger partial charge in [-0.25, -0.2) is 4.98 Å². The van der Waals surface area contributed by atoms with E-state index in [-0.39, 0.29) is 18.2 Å². The average Bonchev–Trinajstić information content (AvgIpc) is 3.35. The Morgan fingerprint density at radius 2 is 2.06 bits per heavy atom. The Hall–Kier alpha value is -3.20. The molecule has 1 unspecified atom stereocenters. The molecule has 9 heteroatoms. The molecule has 0 aliphatic carbocycles. The van der Waals surface area contributed by atoms with E-state index in [1.54, 1.807) is 11.0 Å². The fourth-order valence-electron chi connectivity index (χ4n) is 5.03. The fraction of sp³-hybridized carbons (Fsp3) is 0.500. The van der Waals surface area contributed by atoms with Crippen molar-refractivity contribution in [2.75, 3.05) is 13.2 Å². The number of imide groups is 1. The minimum absolute atomic E-state index is 0.166. The van der Waals surface area contributed by atoms with Crippen LogP contribution in [0, 0.1) is 0 Å². The van der Waals surface area contributed by atoms with Gasteiger partial charge in [0, 0.05) is 44.4 Å². The van der Waals surface area contributed by atoms with Crippen LogP contribution in [-0.2, 0) is 29.7 Å². The highest BCUT2D eigenvalue weighted by Gasteiger charge is 2.39. The molecule has 0 spiro atoms. The molecule has 1 N–H and O–H groups in total. The van der Waals surface area contributed by atoms with Crippen LogP contribution < -0.4 is 10.1 Å². The number of benzene rings is 1. The molecule has 174 valence electrons. The van der Waals surface area contributed by atoms with E-state index in [9.17, 15) is 14.4 Å². The molecule has 1 aromatic carbocycles. The molecule has 5 rings (SSSR count). The Morgan fingerprint density at radius 1 is 1.18 bits per heavy atom. The largest absolute Gasteiger partial charge is 0.492 e. The summed E-state index contributed by atoms with van der Waals surface area (Å²) in [6.45, 7) is 2.83. The van der Waals surface area contributed by atoms with Crippen LogP contribution in [0.5, 0.6) is 5.75 Å². The van der Waals surface area contributed by atoms with Crippen LogP contribution in [0.4, 0.5) is 0 Å². The van der Waals surface area contributed by atoms with Crippen LogP contribution in [0.15, 0.2) is 30.7 Å². The summed E-state index contributed by atoms with van der Waals surface area (Å²) < 4.78 is 8.24. The van der Waals surface area contributed by atoms with Crippen molar-refractivity contribution < 1.29 is 19.1 Å². The number of aromatic nitrogens is 2. The third-order valence-corrected chi connectivity index (χ3v) is 6.97. The number of hydrogen-bond donors (Lipinski definition) is 1. The van der Waals surface area contributed by atoms with Crippen LogP contribution in [0.25, 0.3) is 0 Å². The third kappa shape index (κ3) is 4.37. The molecular weight excluding hydrogens is 422 g/mol. The molecule has 0 radical (unpaired) electrons. The van der Waals surface area contributed by atoms with E-state index in [1.165, 1.54) is 18.5 Å². The average molecular weight is 452 g/mol. The predicted octanol–water partition coefficient (Wildman–Crippen LogP) is 1.61. The molecule has 2 fully saturated rings. The molecule has 3 aliphatic heterocycles. The molecule has 1 aromatic heterocycles. The number of aryl methyl sites for hydroxylation is 1. The van der Waals surface area contributed by atoms with E-state index < -0.39 is 11.9 Å². The highest BCUT2D eigenvalue weighted by atomic mass is 16.5. The van der Waals surface area contributed by atoms with Gasteiger partial charge >= 0.3 is 0 Å². The van der Waals surface area contributed by atoms with Gasteiger partial charge in [0.05, 0.1) is 12.0 Å². The topological polar surface area (TPSA) is 96.8 Å². The van der Waals surface area contributed by atoms with Crippen LogP contribution in [0.2, 0.25) is 0 Å². The number of likely N-dealkylation sites (tertiary alicyclic amines) is 1. The monoisotopic (exact) mass is 451 g/mol. The zero-order valence-corrected chi connectivity index (χ0v) is 18.8. The fourth-order valence-corrected chi connectivity index (χ4v) is 5.03. The molecule has 0 bridgehead atoms. The molecule has 2 aromatic rings. The summed E-state index contributed by atoms with van der Waals surface area (Å²) >= 11 is 0. The maximum absolute atomic E-state index is 12.9. The number of carbonyl (C=O) groups is 3. The molecule has 0 saturated carbocycles. The second-order valence-electron chi connectivity index (χ2n) is 9.15. The minimum Gasteiger partial charge on any atom is -0.492 e. The third-order valence-electron chi connectivity index (χ3n) is 6.97. The maximum Gasteiger partial charge on any atom is 0.255 e. The lowest BCUT2D eigenvalue weighted by Crippen LogP contribution is -2.52. The van der Waals surface area contributed by atoms with Crippen molar-refractivity contribution in [3.8, 4) is 5.75 Å². The zero-order chi connectivity index (χ0) is 22.9. The Labute approximate surface area is 192 Å². The molecular formula is C24H29N5O4. The standard InChI is InChI=1S/C24H29N5O4/c1-27-15-25-11-18(27)13-28-9-3-2-4-17(28)14-33-19-5-6-20-16(10-19)12-29(24(20)32)21-7-8-22(30)26-23(21)31/h5-6,10-11,15,17,21H,2-4,7-9,12-14H2,1H3,(H,26,30,31)/t17-,21?/m1/s1. The van der Waals surface area contributed by atoms with Crippen LogP contribution in [-0.4, -0.2) is 62.3 Å². The van der Waals surface area contributed by atoms with Gasteiger partial charge in [-0.2, -0.15) is 0 Å². The Kier molecular flexibility index (Phi) is 5.88. The van der Waals surface area contributed by atoms with Crippen molar-refractivity contribution in [1.29, 1.82) is 0 Å². The number of carbonyl (C=O) groups excluding carboxylic acids is 3. The lowest BCUT2D eigenvalue weighted by atomic mass is 10.0. The first-order chi connectivity index (χ1) is 16.0. The lowest BCUT2D eigenvalue weighted by Gasteiger charge is -2.35. The molecule has 2 saturated heterocycles. The highest BCUT2D eigenvalue weighted by Crippen LogP contribution is 2.30. The minimum atomic E-state index is -0.602. The summed E-state index contributed by atoms with van der Waals surface area (Å²) in [6, 6.07) is 5.25. The van der Waals surface area contributed by atoms with E-state index in [0.717, 1.165) is 30.8 Å². The first kappa shape index (κ1) is 21.6. The Morgan fingerprint density at radius 3 is 2.85 bits per heavy atom. The number of rotatable bonds is 6. The van der Waals surface area contributed by atoms with E-state index in [1.807, 2.05) is 31.7 Å². The smallest absolute Gasteiger partial charge is 0.255 e. The summed E-state index contributed by atoms with van der Waals surface area (Å²) in [5, 5.41) is 2.34. The van der Waals surface area contributed by atoms with Gasteiger partial charge in [0.2, 0.25) is 11.8 Å². The summed E-state index contributed by atoms with van der Waals surface area (Å²) in [5.74, 6) is -0.107. The van der Waals surface area contributed by atoms with Crippen LogP contribution >= 0.6 is 0 Å². The lowest BCUT2D eigenvalue weighted by molar-refractivity contribution is -0.136. The predicted molar refractivity (Wildman–Crippen MR) is 119 cm³/mol. The van der Waals surface area contributed by atoms with Crippen molar-refractivity contribution >= 4 is 17.7 Å². The van der Waals surface area contributed by atoms with Gasteiger partial charge in [0.25, 0.3) is 5.91 Å². The number of fused-ring (bicyclic) bond motifs is 1. The zero-order valence-electron chi connectivity index (χ0n) is 18.8. The van der Waals surface area contributed by atoms with Crippen molar-refractivity contribution in [3.63, 3.8) is 0 Å². The van der Waals surface area contributed by atoms with Crippen molar-refractivity contribution in [2.45, 2.75) is 57.3 Å². The molecule has 4 heterocycles. The van der Waals surface area contributed by atoms with E-state index in [2.05, 4.69) is 19.8 Å². The van der Waals surface area contributed by atoms with Gasteiger partial charge in [-0.05, 0) is 49.6 Å². The summed E-state index contributed by atoms with van der Waals surface area (Å²) in [5.41, 5.74) is 2.65. The first-order valence-electron chi connectivity index (χ1n) is 11.6. The summed E-state index contributed by atoms with van der Waals surface area (Å²) in [6.07, 6.45) is 7.82. The number of nitrogens with zero attached hydrogens (tertiary/aromatic N) is 4. The summed E-state index contributed by atoms with van der Waals surface area (Å²) in [7, 11) is 2.02. The number of hydrogen-bond acceptors (Lipinski definition) is 6. The quantitative estimate of drug-likeness (QED) is 0.671. The number of nitrogens with one attached hydrogen (secondary N) is 1. The van der Waals surface area contributed by atoms with Gasteiger partial charge < -0.3 is 14.2 Å². The van der Waals surface area contributed by atoms with Gasteiger partial charge in [-0.15, -0.1) is 0 Å². The molecule has 2 atom stereocenters. The second kappa shape index (κ2) is 8.97. The SMILES string of the molecule is Cn1cncc1CN1CCCC[C@@H]1COc1ccc2c(c1)CN(C1CCC(=O)NC1=O)C2=O. The molecule has 33 heavy (non-hydrogen) atoms. The Balaban J connectivity index is 1.23. The summed E-state index contributed by atoms with van der Waals surface area (Å²) in [4.78, 5) is 44.8. The van der Waals surface area contributed by atoms with E-state index in [4.69, 9.17) is 4.74 Å². The van der Waals surface area contributed by atoms with Crippen LogP contribution in [0.1, 0.15) is 53.7 Å². The van der Waals surface area contributed by atoms with Crippen LogP contribution in [0.3, 0.4) is 0 Å². The van der Waals surface area contributed by atoms with Gasteiger partial charge in [-0.3, -0.25) is 24.6 Å². The van der Waals surface area contributed by atoms with Gasteiger partial charge in [-0.1, -0.05) is 6.42 Å². The Bertz CT molecular complexity index is 1080. The van der Waals surface area contributed by atoms with E-state index in [0.29, 0.717) is 31.2 Å². The highest BCUT2D eigenvalue weighted by molar-refractivity contribution is 6.05. The molecule has 3 aliphatic rings. The second-order valence-corrected chi connectivity index (χ2v) is 9.15. The number of imidazole rings is 1. The number of piperidine rings is 2. The van der Waals surface area contributed by atoms with Crippen molar-refractivity contribution in [2.24, 2.45) is 7.05 Å². The van der Waals surface area contributed by atoms with Gasteiger partial charge in [0.1, 0.15) is 18.4 Å². The molecule has 9 nitrogen and oxygen atoms in total. The van der Waals surface area contributed by atoms with Crippen molar-refractivity contribution in [3.05, 3.63) is 47.5 Å².